The normalized spacial score (nSPS) is 12.8. The number of rotatable bonds is 9. The summed E-state index contributed by atoms with van der Waals surface area (Å²) in [5.74, 6) is -4.22. The van der Waals surface area contributed by atoms with E-state index >= 15 is 0 Å². The maximum absolute atomic E-state index is 12.8. The first-order valence-electron chi connectivity index (χ1n) is 12.9. The number of carboxylic acid groups (broad SMARTS) is 2. The summed E-state index contributed by atoms with van der Waals surface area (Å²) in [5, 5.41) is 17.3. The molecule has 0 saturated heterocycles. The molecule has 3 heterocycles. The van der Waals surface area contributed by atoms with E-state index in [0.717, 1.165) is 36.2 Å². The Morgan fingerprint density at radius 3 is 1.98 bits per heavy atom. The van der Waals surface area contributed by atoms with Crippen molar-refractivity contribution in [3.8, 4) is 22.5 Å². The van der Waals surface area contributed by atoms with Crippen molar-refractivity contribution in [1.29, 1.82) is 0 Å². The number of nitrogens with zero attached hydrogens (tertiary/aromatic N) is 5. The summed E-state index contributed by atoms with van der Waals surface area (Å²) in [6.07, 6.45) is 2.39. The summed E-state index contributed by atoms with van der Waals surface area (Å²) < 4.78 is 65.6. The molecule has 1 saturated carbocycles. The van der Waals surface area contributed by atoms with Crippen molar-refractivity contribution in [2.24, 2.45) is 5.92 Å². The third-order valence-electron chi connectivity index (χ3n) is 5.74. The number of hydrogen-bond donors (Lipinski definition) is 3. The molecule has 44 heavy (non-hydrogen) atoms. The van der Waals surface area contributed by atoms with E-state index < -0.39 is 24.3 Å². The molecular weight excluding hydrogens is 602 g/mol. The van der Waals surface area contributed by atoms with Crippen LogP contribution in [0.3, 0.4) is 0 Å². The average Bonchev–Trinajstić information content (AvgIpc) is 3.67. The third-order valence-corrected chi connectivity index (χ3v) is 5.74. The zero-order chi connectivity index (χ0) is 33.1. The highest BCUT2D eigenvalue weighted by molar-refractivity contribution is 5.94. The van der Waals surface area contributed by atoms with Crippen LogP contribution in [0.2, 0.25) is 0 Å². The first-order valence-corrected chi connectivity index (χ1v) is 12.9. The van der Waals surface area contributed by atoms with Crippen molar-refractivity contribution in [3.63, 3.8) is 0 Å². The fraction of sp³-hybridized carbons (Fsp3) is 0.407. The molecule has 4 rings (SSSR count). The van der Waals surface area contributed by atoms with E-state index in [0.29, 0.717) is 24.0 Å². The van der Waals surface area contributed by atoms with E-state index in [1.165, 1.54) is 12.8 Å². The van der Waals surface area contributed by atoms with Crippen LogP contribution in [0.5, 0.6) is 0 Å². The highest BCUT2D eigenvalue weighted by Crippen LogP contribution is 2.32. The Morgan fingerprint density at radius 2 is 1.52 bits per heavy atom. The topological polar surface area (TPSA) is 151 Å². The molecule has 0 spiro atoms. The predicted molar refractivity (Wildman–Crippen MR) is 144 cm³/mol. The van der Waals surface area contributed by atoms with Gasteiger partial charge in [0.15, 0.2) is 5.82 Å². The highest BCUT2D eigenvalue weighted by Gasteiger charge is 2.38. The zero-order valence-electron chi connectivity index (χ0n) is 23.6. The van der Waals surface area contributed by atoms with Crippen molar-refractivity contribution < 1.29 is 50.9 Å². The van der Waals surface area contributed by atoms with Gasteiger partial charge in [0, 0.05) is 60.8 Å². The summed E-state index contributed by atoms with van der Waals surface area (Å²) in [6, 6.07) is 5.76. The maximum Gasteiger partial charge on any atom is 0.490 e. The molecule has 3 aromatic rings. The minimum atomic E-state index is -5.08. The Morgan fingerprint density at radius 1 is 0.955 bits per heavy atom. The van der Waals surface area contributed by atoms with Gasteiger partial charge in [-0.15, -0.1) is 0 Å². The van der Waals surface area contributed by atoms with Crippen LogP contribution >= 0.6 is 0 Å². The van der Waals surface area contributed by atoms with Gasteiger partial charge in [-0.05, 0) is 64.0 Å². The SMILES string of the molecule is CN(C)CCCNC(=O)c1cc(-c2cnc(-c3cccnc3)nc2)cn1CC1CC1.O=C(O)C(F)(F)F.O=C(O)C(F)(F)F. The van der Waals surface area contributed by atoms with Crippen LogP contribution in [0.1, 0.15) is 29.8 Å². The van der Waals surface area contributed by atoms with E-state index in [-0.39, 0.29) is 5.91 Å². The number of pyridine rings is 1. The van der Waals surface area contributed by atoms with Gasteiger partial charge in [0.1, 0.15) is 5.69 Å². The van der Waals surface area contributed by atoms with Gasteiger partial charge in [-0.3, -0.25) is 9.78 Å². The monoisotopic (exact) mass is 632 g/mol. The number of carbonyl (C=O) groups is 3. The molecule has 1 aliphatic carbocycles. The Labute approximate surface area is 247 Å². The summed E-state index contributed by atoms with van der Waals surface area (Å²) in [5.41, 5.74) is 3.46. The van der Waals surface area contributed by atoms with Gasteiger partial charge < -0.3 is 25.0 Å². The van der Waals surface area contributed by atoms with Gasteiger partial charge in [-0.2, -0.15) is 26.3 Å². The molecule has 0 aromatic carbocycles. The summed E-state index contributed by atoms with van der Waals surface area (Å²) in [6.45, 7) is 2.51. The first-order chi connectivity index (χ1) is 20.5. The van der Waals surface area contributed by atoms with E-state index in [2.05, 4.69) is 35.9 Å². The van der Waals surface area contributed by atoms with Crippen LogP contribution in [0.4, 0.5) is 26.3 Å². The molecule has 3 aromatic heterocycles. The summed E-state index contributed by atoms with van der Waals surface area (Å²) >= 11 is 0. The highest BCUT2D eigenvalue weighted by atomic mass is 19.4. The van der Waals surface area contributed by atoms with Gasteiger partial charge in [-0.1, -0.05) is 0 Å². The molecule has 1 fully saturated rings. The Hall–Kier alpha value is -4.54. The lowest BCUT2D eigenvalue weighted by atomic mass is 10.1. The quantitative estimate of drug-likeness (QED) is 0.231. The lowest BCUT2D eigenvalue weighted by Gasteiger charge is -2.11. The molecule has 0 atom stereocenters. The lowest BCUT2D eigenvalue weighted by Crippen LogP contribution is -2.28. The van der Waals surface area contributed by atoms with Crippen LogP contribution in [-0.2, 0) is 16.1 Å². The van der Waals surface area contributed by atoms with Crippen LogP contribution in [-0.4, -0.2) is 92.0 Å². The predicted octanol–water partition coefficient (Wildman–Crippen LogP) is 4.37. The van der Waals surface area contributed by atoms with Gasteiger partial charge in [0.2, 0.25) is 0 Å². The van der Waals surface area contributed by atoms with Gasteiger partial charge >= 0.3 is 24.3 Å². The molecule has 17 heteroatoms. The fourth-order valence-corrected chi connectivity index (χ4v) is 3.40. The largest absolute Gasteiger partial charge is 0.490 e. The molecule has 11 nitrogen and oxygen atoms in total. The van der Waals surface area contributed by atoms with Crippen molar-refractivity contribution in [3.05, 3.63) is 54.9 Å². The molecule has 0 unspecified atom stereocenters. The molecule has 3 N–H and O–H groups in total. The van der Waals surface area contributed by atoms with Gasteiger partial charge in [0.25, 0.3) is 5.91 Å². The molecule has 0 radical (unpaired) electrons. The fourth-order valence-electron chi connectivity index (χ4n) is 3.40. The molecule has 0 bridgehead atoms. The molecule has 1 aliphatic rings. The second kappa shape index (κ2) is 15.8. The van der Waals surface area contributed by atoms with E-state index in [9.17, 15) is 31.1 Å². The third kappa shape index (κ3) is 12.4. The van der Waals surface area contributed by atoms with Crippen LogP contribution < -0.4 is 5.32 Å². The standard InChI is InChI=1S/C23H28N6O.2C2HF3O2/c1-28(2)10-4-9-25-23(30)21-11-19(16-29(21)15-17-6-7-17)20-13-26-22(27-14-20)18-5-3-8-24-12-18;2*3-2(4,5)1(6)7/h3,5,8,11-14,16-17H,4,6-7,9-10,15H2,1-2H3,(H,25,30);2*(H,6,7). The van der Waals surface area contributed by atoms with Gasteiger partial charge in [0.05, 0.1) is 0 Å². The molecule has 0 aliphatic heterocycles. The van der Waals surface area contributed by atoms with E-state index in [4.69, 9.17) is 19.8 Å². The molecular formula is C27H30F6N6O5. The number of aromatic nitrogens is 4. The maximum atomic E-state index is 12.8. The summed E-state index contributed by atoms with van der Waals surface area (Å²) in [7, 11) is 4.08. The molecule has 1 amide bonds. The Balaban J connectivity index is 0.000000402. The molecule has 240 valence electrons. The number of amides is 1. The number of halogens is 6. The zero-order valence-corrected chi connectivity index (χ0v) is 23.6. The minimum absolute atomic E-state index is 0.0199. The Bertz CT molecular complexity index is 1350. The van der Waals surface area contributed by atoms with Gasteiger partial charge in [-0.25, -0.2) is 19.6 Å². The van der Waals surface area contributed by atoms with Crippen molar-refractivity contribution in [1.82, 2.24) is 29.7 Å². The minimum Gasteiger partial charge on any atom is -0.475 e. The van der Waals surface area contributed by atoms with E-state index in [1.54, 1.807) is 12.4 Å². The average molecular weight is 633 g/mol. The van der Waals surface area contributed by atoms with Crippen molar-refractivity contribution in [2.45, 2.75) is 38.2 Å². The van der Waals surface area contributed by atoms with Crippen LogP contribution in [0, 0.1) is 5.92 Å². The second-order valence-corrected chi connectivity index (χ2v) is 9.77. The number of hydrogen-bond acceptors (Lipinski definition) is 7. The second-order valence-electron chi connectivity index (χ2n) is 9.77. The first kappa shape index (κ1) is 35.7. The van der Waals surface area contributed by atoms with E-state index in [1.807, 2.05) is 44.7 Å². The Kier molecular flexibility index (Phi) is 12.8. The van der Waals surface area contributed by atoms with Crippen LogP contribution in [0.25, 0.3) is 22.5 Å². The number of alkyl halides is 6. The number of carbonyl (C=O) groups excluding carboxylic acids is 1. The lowest BCUT2D eigenvalue weighted by molar-refractivity contribution is -0.193. The summed E-state index contributed by atoms with van der Waals surface area (Å²) in [4.78, 5) is 45.8. The number of carboxylic acids is 2. The number of aliphatic carboxylic acids is 2. The van der Waals surface area contributed by atoms with Crippen LogP contribution in [0.15, 0.2) is 49.2 Å². The smallest absolute Gasteiger partial charge is 0.475 e. The number of nitrogens with one attached hydrogen (secondary N) is 1. The van der Waals surface area contributed by atoms with Crippen molar-refractivity contribution >= 4 is 17.8 Å². The van der Waals surface area contributed by atoms with Crippen molar-refractivity contribution in [2.75, 3.05) is 27.2 Å².